The zero-order chi connectivity index (χ0) is 9.97. The van der Waals surface area contributed by atoms with E-state index in [1.807, 2.05) is 11.4 Å². The van der Waals surface area contributed by atoms with Crippen molar-refractivity contribution in [2.75, 3.05) is 5.75 Å². The summed E-state index contributed by atoms with van der Waals surface area (Å²) < 4.78 is 0. The summed E-state index contributed by atoms with van der Waals surface area (Å²) >= 11 is 2.65. The van der Waals surface area contributed by atoms with Crippen molar-refractivity contribution in [2.45, 2.75) is 5.16 Å². The summed E-state index contributed by atoms with van der Waals surface area (Å²) in [5.74, 6) is 0.291. The van der Waals surface area contributed by atoms with Crippen LogP contribution < -0.4 is 5.56 Å². The standard InChI is InChI=1S/C8H5N3OS2/c9-2-4-14-8-10-6(12)5-1-3-13-7(5)11-8/h1,3H,4H2,(H,10,11,12). The van der Waals surface area contributed by atoms with Crippen LogP contribution in [-0.2, 0) is 0 Å². The van der Waals surface area contributed by atoms with E-state index in [2.05, 4.69) is 9.97 Å². The van der Waals surface area contributed by atoms with E-state index >= 15 is 0 Å². The maximum Gasteiger partial charge on any atom is 0.260 e. The lowest BCUT2D eigenvalue weighted by atomic mass is 10.4. The molecular formula is C8H5N3OS2. The van der Waals surface area contributed by atoms with Gasteiger partial charge in [-0.3, -0.25) is 4.79 Å². The van der Waals surface area contributed by atoms with E-state index in [4.69, 9.17) is 5.26 Å². The highest BCUT2D eigenvalue weighted by atomic mass is 32.2. The minimum atomic E-state index is -0.142. The lowest BCUT2D eigenvalue weighted by Crippen LogP contribution is -2.07. The summed E-state index contributed by atoms with van der Waals surface area (Å²) in [4.78, 5) is 19.0. The van der Waals surface area contributed by atoms with Gasteiger partial charge in [0, 0.05) is 0 Å². The molecule has 0 amide bonds. The Balaban J connectivity index is 2.49. The quantitative estimate of drug-likeness (QED) is 0.620. The fourth-order valence-corrected chi connectivity index (χ4v) is 2.36. The van der Waals surface area contributed by atoms with Gasteiger partial charge in [-0.25, -0.2) is 4.98 Å². The fraction of sp³-hybridized carbons (Fsp3) is 0.125. The molecule has 0 aliphatic heterocycles. The van der Waals surface area contributed by atoms with Crippen LogP contribution in [0.25, 0.3) is 10.2 Å². The number of rotatable bonds is 2. The molecule has 2 rings (SSSR count). The van der Waals surface area contributed by atoms with Gasteiger partial charge in [-0.05, 0) is 11.4 Å². The third-order valence-corrected chi connectivity index (χ3v) is 3.13. The van der Waals surface area contributed by atoms with E-state index in [1.165, 1.54) is 23.1 Å². The molecule has 0 radical (unpaired) electrons. The molecule has 0 saturated heterocycles. The molecular weight excluding hydrogens is 218 g/mol. The van der Waals surface area contributed by atoms with Gasteiger partial charge in [0.25, 0.3) is 5.56 Å². The molecule has 0 saturated carbocycles. The molecule has 0 spiro atoms. The first-order valence-electron chi connectivity index (χ1n) is 3.78. The zero-order valence-corrected chi connectivity index (χ0v) is 8.61. The molecule has 1 N–H and O–H groups in total. The van der Waals surface area contributed by atoms with Crippen LogP contribution in [0.4, 0.5) is 0 Å². The van der Waals surface area contributed by atoms with Crippen molar-refractivity contribution < 1.29 is 0 Å². The molecule has 0 fully saturated rings. The van der Waals surface area contributed by atoms with Gasteiger partial charge < -0.3 is 4.98 Å². The second-order valence-electron chi connectivity index (χ2n) is 2.46. The summed E-state index contributed by atoms with van der Waals surface area (Å²) in [5.41, 5.74) is -0.142. The largest absolute Gasteiger partial charge is 0.301 e. The monoisotopic (exact) mass is 223 g/mol. The number of nitrogens with zero attached hydrogens (tertiary/aromatic N) is 2. The van der Waals surface area contributed by atoms with Gasteiger partial charge >= 0.3 is 0 Å². The number of fused-ring (bicyclic) bond motifs is 1. The minimum Gasteiger partial charge on any atom is -0.301 e. The van der Waals surface area contributed by atoms with Crippen LogP contribution in [0.5, 0.6) is 0 Å². The van der Waals surface area contributed by atoms with Gasteiger partial charge in [0.15, 0.2) is 5.16 Å². The highest BCUT2D eigenvalue weighted by Gasteiger charge is 2.04. The number of hydrogen-bond donors (Lipinski definition) is 1. The fourth-order valence-electron chi connectivity index (χ4n) is 1.01. The number of nitrogens with one attached hydrogen (secondary N) is 1. The van der Waals surface area contributed by atoms with Crippen LogP contribution in [0.15, 0.2) is 21.4 Å². The lowest BCUT2D eigenvalue weighted by molar-refractivity contribution is 0.982. The molecule has 14 heavy (non-hydrogen) atoms. The van der Waals surface area contributed by atoms with Crippen LogP contribution in [0, 0.1) is 11.3 Å². The number of thiophene rings is 1. The number of thioether (sulfide) groups is 1. The Bertz CT molecular complexity index is 551. The Morgan fingerprint density at radius 1 is 1.71 bits per heavy atom. The number of hydrogen-bond acceptors (Lipinski definition) is 5. The molecule has 70 valence electrons. The van der Waals surface area contributed by atoms with Crippen LogP contribution in [-0.4, -0.2) is 15.7 Å². The third kappa shape index (κ3) is 1.64. The number of aromatic amines is 1. The summed E-state index contributed by atoms with van der Waals surface area (Å²) in [7, 11) is 0. The van der Waals surface area contributed by atoms with Gasteiger partial charge in [-0.1, -0.05) is 11.8 Å². The number of nitriles is 1. The van der Waals surface area contributed by atoms with Crippen LogP contribution in [0.1, 0.15) is 0 Å². The second kappa shape index (κ2) is 3.82. The maximum absolute atomic E-state index is 11.4. The van der Waals surface area contributed by atoms with Crippen molar-refractivity contribution in [1.29, 1.82) is 5.26 Å². The molecule has 0 aromatic carbocycles. The summed E-state index contributed by atoms with van der Waals surface area (Å²) in [6, 6.07) is 3.72. The molecule has 0 bridgehead atoms. The topological polar surface area (TPSA) is 69.5 Å². The van der Waals surface area contributed by atoms with Crippen molar-refractivity contribution in [3.05, 3.63) is 21.8 Å². The number of H-pyrrole nitrogens is 1. The summed E-state index contributed by atoms with van der Waals surface area (Å²) in [6.45, 7) is 0. The van der Waals surface area contributed by atoms with E-state index in [-0.39, 0.29) is 5.56 Å². The third-order valence-electron chi connectivity index (χ3n) is 1.59. The van der Waals surface area contributed by atoms with E-state index in [9.17, 15) is 4.79 Å². The highest BCUT2D eigenvalue weighted by molar-refractivity contribution is 7.99. The molecule has 6 heteroatoms. The van der Waals surface area contributed by atoms with Crippen LogP contribution in [0.3, 0.4) is 0 Å². The van der Waals surface area contributed by atoms with Crippen molar-refractivity contribution in [2.24, 2.45) is 0 Å². The smallest absolute Gasteiger partial charge is 0.260 e. The molecule has 0 aliphatic rings. The van der Waals surface area contributed by atoms with E-state index < -0.39 is 0 Å². The minimum absolute atomic E-state index is 0.142. The Morgan fingerprint density at radius 2 is 2.57 bits per heavy atom. The molecule has 0 unspecified atom stereocenters. The first-order chi connectivity index (χ1) is 6.81. The average molecular weight is 223 g/mol. The molecule has 2 aromatic rings. The lowest BCUT2D eigenvalue weighted by Gasteiger charge is -1.95. The maximum atomic E-state index is 11.4. The molecule has 4 nitrogen and oxygen atoms in total. The molecule has 0 aliphatic carbocycles. The van der Waals surface area contributed by atoms with Crippen LogP contribution >= 0.6 is 23.1 Å². The van der Waals surface area contributed by atoms with Gasteiger partial charge in [-0.2, -0.15) is 5.26 Å². The number of aromatic nitrogens is 2. The van der Waals surface area contributed by atoms with Gasteiger partial charge in [0.2, 0.25) is 0 Å². The Morgan fingerprint density at radius 3 is 3.36 bits per heavy atom. The summed E-state index contributed by atoms with van der Waals surface area (Å²) in [6.07, 6.45) is 0. The molecule has 2 heterocycles. The SMILES string of the molecule is N#CCSc1nc2sccc2c(=O)[nH]1. The normalized spacial score (nSPS) is 10.2. The van der Waals surface area contributed by atoms with Gasteiger partial charge in [0.1, 0.15) is 4.83 Å². The highest BCUT2D eigenvalue weighted by Crippen LogP contribution is 2.18. The molecule has 2 aromatic heterocycles. The summed E-state index contributed by atoms with van der Waals surface area (Å²) in [5, 5.41) is 11.3. The zero-order valence-electron chi connectivity index (χ0n) is 6.98. The van der Waals surface area contributed by atoms with Crippen LogP contribution in [0.2, 0.25) is 0 Å². The molecule has 0 atom stereocenters. The Hall–Kier alpha value is -1.32. The van der Waals surface area contributed by atoms with E-state index in [0.717, 1.165) is 0 Å². The first-order valence-corrected chi connectivity index (χ1v) is 5.65. The van der Waals surface area contributed by atoms with Gasteiger partial charge in [-0.15, -0.1) is 11.3 Å². The van der Waals surface area contributed by atoms with E-state index in [0.29, 0.717) is 21.1 Å². The predicted molar refractivity (Wildman–Crippen MR) is 56.6 cm³/mol. The average Bonchev–Trinajstić information content (AvgIpc) is 2.63. The van der Waals surface area contributed by atoms with Crippen molar-refractivity contribution in [3.63, 3.8) is 0 Å². The first kappa shape index (κ1) is 9.24. The van der Waals surface area contributed by atoms with E-state index in [1.54, 1.807) is 6.07 Å². The van der Waals surface area contributed by atoms with Crippen molar-refractivity contribution in [3.8, 4) is 6.07 Å². The van der Waals surface area contributed by atoms with Crippen molar-refractivity contribution in [1.82, 2.24) is 9.97 Å². The predicted octanol–water partition coefficient (Wildman–Crippen LogP) is 1.60. The van der Waals surface area contributed by atoms with Crippen molar-refractivity contribution >= 4 is 33.3 Å². The second-order valence-corrected chi connectivity index (χ2v) is 4.32. The van der Waals surface area contributed by atoms with Gasteiger partial charge in [0.05, 0.1) is 17.2 Å². The Labute approximate surface area is 87.6 Å². The Kier molecular flexibility index (Phi) is 2.52.